The maximum absolute atomic E-state index is 3.63. The highest BCUT2D eigenvalue weighted by Gasteiger charge is 2.14. The molecule has 1 aliphatic rings. The van der Waals surface area contributed by atoms with E-state index in [1.54, 1.807) is 10.4 Å². The van der Waals surface area contributed by atoms with Crippen LogP contribution in [-0.2, 0) is 19.4 Å². The van der Waals surface area contributed by atoms with Crippen molar-refractivity contribution in [2.24, 2.45) is 0 Å². The highest BCUT2D eigenvalue weighted by molar-refractivity contribution is 7.12. The summed E-state index contributed by atoms with van der Waals surface area (Å²) in [6.07, 6.45) is 6.49. The molecule has 2 heteroatoms. The highest BCUT2D eigenvalue weighted by Crippen LogP contribution is 2.30. The molecule has 0 aromatic carbocycles. The number of hydrogen-bond donors (Lipinski definition) is 1. The summed E-state index contributed by atoms with van der Waals surface area (Å²) in [6.45, 7) is 5.59. The fourth-order valence-corrected chi connectivity index (χ4v) is 3.51. The van der Waals surface area contributed by atoms with E-state index in [4.69, 9.17) is 0 Å². The van der Waals surface area contributed by atoms with Crippen LogP contribution >= 0.6 is 11.3 Å². The first-order valence-corrected chi connectivity index (χ1v) is 6.99. The van der Waals surface area contributed by atoms with Gasteiger partial charge in [0.25, 0.3) is 0 Å². The zero-order valence-corrected chi connectivity index (χ0v) is 10.6. The quantitative estimate of drug-likeness (QED) is 0.805. The molecule has 0 spiro atoms. The van der Waals surface area contributed by atoms with E-state index in [1.807, 2.05) is 11.3 Å². The van der Waals surface area contributed by atoms with Crippen LogP contribution in [0.3, 0.4) is 0 Å². The molecule has 1 N–H and O–H groups in total. The second kappa shape index (κ2) is 5.13. The molecule has 0 fully saturated rings. The Morgan fingerprint density at radius 2 is 2.13 bits per heavy atom. The number of nitrogens with one attached hydrogen (secondary N) is 1. The Bertz CT molecular complexity index is 291. The van der Waals surface area contributed by atoms with Gasteiger partial charge in [-0.1, -0.05) is 13.8 Å². The second-order valence-electron chi connectivity index (χ2n) is 4.41. The maximum atomic E-state index is 3.63. The molecule has 0 radical (unpaired) electrons. The third-order valence-electron chi connectivity index (χ3n) is 3.35. The molecule has 0 atom stereocenters. The Morgan fingerprint density at radius 1 is 1.33 bits per heavy atom. The summed E-state index contributed by atoms with van der Waals surface area (Å²) in [5.41, 5.74) is 1.63. The van der Waals surface area contributed by atoms with Gasteiger partial charge in [-0.25, -0.2) is 0 Å². The van der Waals surface area contributed by atoms with Crippen molar-refractivity contribution >= 4 is 11.3 Å². The Kier molecular flexibility index (Phi) is 3.81. The van der Waals surface area contributed by atoms with Gasteiger partial charge in [0, 0.05) is 22.3 Å². The summed E-state index contributed by atoms with van der Waals surface area (Å²) in [5, 5.41) is 3.63. The first-order chi connectivity index (χ1) is 7.33. The van der Waals surface area contributed by atoms with Crippen LogP contribution in [0.5, 0.6) is 0 Å². The molecule has 0 aliphatic heterocycles. The van der Waals surface area contributed by atoms with Crippen LogP contribution in [0.1, 0.15) is 48.4 Å². The number of hydrogen-bond acceptors (Lipinski definition) is 2. The fraction of sp³-hybridized carbons (Fsp3) is 0.692. The Balaban J connectivity index is 1.88. The van der Waals surface area contributed by atoms with Crippen molar-refractivity contribution in [2.45, 2.75) is 58.5 Å². The van der Waals surface area contributed by atoms with E-state index in [0.29, 0.717) is 6.04 Å². The number of aryl methyl sites for hydroxylation is 2. The molecule has 84 valence electrons. The SMILES string of the molecule is CCC(CC)NCc1cc2c(s1)CCC2. The van der Waals surface area contributed by atoms with Gasteiger partial charge >= 0.3 is 0 Å². The van der Waals surface area contributed by atoms with Gasteiger partial charge in [-0.2, -0.15) is 0 Å². The van der Waals surface area contributed by atoms with E-state index in [-0.39, 0.29) is 0 Å². The molecule has 0 amide bonds. The van der Waals surface area contributed by atoms with Crippen LogP contribution in [0.25, 0.3) is 0 Å². The van der Waals surface area contributed by atoms with E-state index in [9.17, 15) is 0 Å². The first-order valence-electron chi connectivity index (χ1n) is 6.17. The molecule has 15 heavy (non-hydrogen) atoms. The lowest BCUT2D eigenvalue weighted by Crippen LogP contribution is -2.26. The summed E-state index contributed by atoms with van der Waals surface area (Å²) in [7, 11) is 0. The third-order valence-corrected chi connectivity index (χ3v) is 4.59. The van der Waals surface area contributed by atoms with Gasteiger partial charge in [0.2, 0.25) is 0 Å². The van der Waals surface area contributed by atoms with Crippen LogP contribution in [0, 0.1) is 0 Å². The average Bonchev–Trinajstić information content (AvgIpc) is 2.79. The summed E-state index contributed by atoms with van der Waals surface area (Å²) in [5.74, 6) is 0. The van der Waals surface area contributed by atoms with Gasteiger partial charge in [0.05, 0.1) is 0 Å². The predicted molar refractivity (Wildman–Crippen MR) is 67.6 cm³/mol. The topological polar surface area (TPSA) is 12.0 Å². The van der Waals surface area contributed by atoms with Crippen molar-refractivity contribution in [1.82, 2.24) is 5.32 Å². The summed E-state index contributed by atoms with van der Waals surface area (Å²) >= 11 is 2.02. The van der Waals surface area contributed by atoms with Crippen LogP contribution in [-0.4, -0.2) is 6.04 Å². The minimum absolute atomic E-state index is 0.696. The summed E-state index contributed by atoms with van der Waals surface area (Å²) in [4.78, 5) is 3.18. The molecule has 0 saturated heterocycles. The molecular formula is C13H21NS. The molecule has 1 aromatic rings. The molecule has 1 nitrogen and oxygen atoms in total. The molecule has 1 heterocycles. The van der Waals surface area contributed by atoms with Gasteiger partial charge in [-0.3, -0.25) is 0 Å². The van der Waals surface area contributed by atoms with Gasteiger partial charge in [0.15, 0.2) is 0 Å². The van der Waals surface area contributed by atoms with Crippen molar-refractivity contribution < 1.29 is 0 Å². The lowest BCUT2D eigenvalue weighted by Gasteiger charge is -2.13. The molecule has 0 unspecified atom stereocenters. The Morgan fingerprint density at radius 3 is 2.80 bits per heavy atom. The van der Waals surface area contributed by atoms with Crippen LogP contribution in [0.2, 0.25) is 0 Å². The van der Waals surface area contributed by atoms with E-state index < -0.39 is 0 Å². The molecule has 1 aliphatic carbocycles. The van der Waals surface area contributed by atoms with Crippen LogP contribution in [0.4, 0.5) is 0 Å². The molecule has 2 rings (SSSR count). The minimum atomic E-state index is 0.696. The molecular weight excluding hydrogens is 202 g/mol. The summed E-state index contributed by atoms with van der Waals surface area (Å²) in [6, 6.07) is 3.12. The van der Waals surface area contributed by atoms with Crippen molar-refractivity contribution in [3.05, 3.63) is 21.4 Å². The van der Waals surface area contributed by atoms with Crippen molar-refractivity contribution in [3.63, 3.8) is 0 Å². The maximum Gasteiger partial charge on any atom is 0.0302 e. The lowest BCUT2D eigenvalue weighted by atomic mass is 10.2. The zero-order valence-electron chi connectivity index (χ0n) is 9.81. The van der Waals surface area contributed by atoms with E-state index in [1.165, 1.54) is 37.0 Å². The van der Waals surface area contributed by atoms with E-state index in [0.717, 1.165) is 6.54 Å². The van der Waals surface area contributed by atoms with Crippen LogP contribution in [0.15, 0.2) is 6.07 Å². The molecule has 0 bridgehead atoms. The molecule has 1 aromatic heterocycles. The predicted octanol–water partition coefficient (Wildman–Crippen LogP) is 3.52. The third kappa shape index (κ3) is 2.61. The standard InChI is InChI=1S/C13H21NS/c1-3-11(4-2)14-9-12-8-10-6-5-7-13(10)15-12/h8,11,14H,3-7,9H2,1-2H3. The minimum Gasteiger partial charge on any atom is -0.309 e. The number of rotatable bonds is 5. The van der Waals surface area contributed by atoms with Gasteiger partial charge in [0.1, 0.15) is 0 Å². The average molecular weight is 223 g/mol. The smallest absolute Gasteiger partial charge is 0.0302 e. The highest BCUT2D eigenvalue weighted by atomic mass is 32.1. The first kappa shape index (κ1) is 11.2. The Hall–Kier alpha value is -0.340. The zero-order chi connectivity index (χ0) is 10.7. The van der Waals surface area contributed by atoms with Gasteiger partial charge in [-0.05, 0) is 43.7 Å². The normalized spacial score (nSPS) is 14.9. The number of fused-ring (bicyclic) bond motifs is 1. The Labute approximate surface area is 96.9 Å². The second-order valence-corrected chi connectivity index (χ2v) is 5.63. The van der Waals surface area contributed by atoms with Gasteiger partial charge in [-0.15, -0.1) is 11.3 Å². The largest absolute Gasteiger partial charge is 0.309 e. The van der Waals surface area contributed by atoms with Crippen molar-refractivity contribution in [3.8, 4) is 0 Å². The van der Waals surface area contributed by atoms with E-state index >= 15 is 0 Å². The van der Waals surface area contributed by atoms with Crippen LogP contribution < -0.4 is 5.32 Å². The van der Waals surface area contributed by atoms with E-state index in [2.05, 4.69) is 25.2 Å². The van der Waals surface area contributed by atoms with Crippen molar-refractivity contribution in [1.29, 1.82) is 0 Å². The molecule has 0 saturated carbocycles. The monoisotopic (exact) mass is 223 g/mol. The van der Waals surface area contributed by atoms with Crippen molar-refractivity contribution in [2.75, 3.05) is 0 Å². The lowest BCUT2D eigenvalue weighted by molar-refractivity contribution is 0.486. The summed E-state index contributed by atoms with van der Waals surface area (Å²) < 4.78 is 0. The fourth-order valence-electron chi connectivity index (χ4n) is 2.30. The number of thiophene rings is 1. The van der Waals surface area contributed by atoms with Gasteiger partial charge < -0.3 is 5.32 Å².